The van der Waals surface area contributed by atoms with Crippen molar-refractivity contribution in [2.45, 2.75) is 25.3 Å². The maximum Gasteiger partial charge on any atom is 0.240 e. The van der Waals surface area contributed by atoms with Gasteiger partial charge in [-0.15, -0.1) is 0 Å². The molecule has 0 saturated carbocycles. The van der Waals surface area contributed by atoms with Gasteiger partial charge in [0.15, 0.2) is 9.84 Å². The van der Waals surface area contributed by atoms with Crippen molar-refractivity contribution in [1.29, 1.82) is 0 Å². The second-order valence-electron chi connectivity index (χ2n) is 4.02. The smallest absolute Gasteiger partial charge is 0.240 e. The first kappa shape index (κ1) is 14.8. The van der Waals surface area contributed by atoms with Crippen molar-refractivity contribution in [2.24, 2.45) is 0 Å². The summed E-state index contributed by atoms with van der Waals surface area (Å²) in [6.07, 6.45) is 0. The third-order valence-corrected chi connectivity index (χ3v) is 6.28. The molecule has 1 N–H and O–H groups in total. The van der Waals surface area contributed by atoms with Crippen LogP contribution in [0, 0.1) is 0 Å². The first-order valence-electron chi connectivity index (χ1n) is 5.71. The lowest BCUT2D eigenvalue weighted by molar-refractivity contribution is -0.133. The predicted molar refractivity (Wildman–Crippen MR) is 70.8 cm³/mol. The summed E-state index contributed by atoms with van der Waals surface area (Å²) in [5.41, 5.74) is 0. The number of carbonyl (C=O) groups is 1. The van der Waals surface area contributed by atoms with Crippen molar-refractivity contribution in [1.82, 2.24) is 10.2 Å². The molecule has 0 aromatic carbocycles. The number of rotatable bonds is 4. The van der Waals surface area contributed by atoms with E-state index in [9.17, 15) is 13.2 Å². The molecule has 2 unspecified atom stereocenters. The highest BCUT2D eigenvalue weighted by Gasteiger charge is 2.36. The number of carbonyl (C=O) groups excluding carboxylic acids is 1. The van der Waals surface area contributed by atoms with Crippen LogP contribution >= 0.6 is 11.8 Å². The van der Waals surface area contributed by atoms with Gasteiger partial charge in [0.2, 0.25) is 5.91 Å². The molecule has 2 atom stereocenters. The molecule has 0 bridgehead atoms. The maximum absolute atomic E-state index is 12.1. The number of hydrogen-bond donors (Lipinski definition) is 1. The average Bonchev–Trinajstić information content (AvgIpc) is 2.36. The summed E-state index contributed by atoms with van der Waals surface area (Å²) in [6.45, 7) is 3.89. The average molecular weight is 280 g/mol. The highest BCUT2D eigenvalue weighted by Crippen LogP contribution is 2.22. The van der Waals surface area contributed by atoms with Gasteiger partial charge in [0.05, 0.1) is 6.04 Å². The summed E-state index contributed by atoms with van der Waals surface area (Å²) in [5, 5.41) is 2.20. The molecule has 17 heavy (non-hydrogen) atoms. The summed E-state index contributed by atoms with van der Waals surface area (Å²) in [4.78, 5) is 13.6. The van der Waals surface area contributed by atoms with Crippen LogP contribution in [0.5, 0.6) is 0 Å². The Labute approximate surface area is 107 Å². The SMILES string of the molecule is CCS(=O)(=O)C1CSCCN1C(=O)C(C)NC. The van der Waals surface area contributed by atoms with Crippen molar-refractivity contribution < 1.29 is 13.2 Å². The number of thioether (sulfide) groups is 1. The monoisotopic (exact) mass is 280 g/mol. The van der Waals surface area contributed by atoms with E-state index in [-0.39, 0.29) is 17.7 Å². The summed E-state index contributed by atoms with van der Waals surface area (Å²) < 4.78 is 23.9. The second kappa shape index (κ2) is 6.06. The second-order valence-corrected chi connectivity index (χ2v) is 7.62. The molecule has 0 aromatic heterocycles. The zero-order valence-electron chi connectivity index (χ0n) is 10.5. The lowest BCUT2D eigenvalue weighted by Gasteiger charge is -2.36. The number of sulfone groups is 1. The first-order valence-corrected chi connectivity index (χ1v) is 8.58. The Bertz CT molecular complexity index is 370. The van der Waals surface area contributed by atoms with Crippen LogP contribution in [0.3, 0.4) is 0 Å². The summed E-state index contributed by atoms with van der Waals surface area (Å²) >= 11 is 1.59. The van der Waals surface area contributed by atoms with Gasteiger partial charge in [-0.2, -0.15) is 11.8 Å². The standard InChI is InChI=1S/C10H20N2O3S2/c1-4-17(14,15)9-7-16-6-5-12(9)10(13)8(2)11-3/h8-9,11H,4-7H2,1-3H3. The Morgan fingerprint density at radius 1 is 1.59 bits per heavy atom. The van der Waals surface area contributed by atoms with Crippen LogP contribution in [0.4, 0.5) is 0 Å². The van der Waals surface area contributed by atoms with Gasteiger partial charge in [-0.25, -0.2) is 8.42 Å². The molecule has 0 aromatic rings. The molecular weight excluding hydrogens is 260 g/mol. The largest absolute Gasteiger partial charge is 0.323 e. The van der Waals surface area contributed by atoms with E-state index < -0.39 is 15.2 Å². The predicted octanol–water partition coefficient (Wildman–Crippen LogP) is -0.0695. The van der Waals surface area contributed by atoms with Gasteiger partial charge in [-0.1, -0.05) is 6.92 Å². The third-order valence-electron chi connectivity index (χ3n) is 2.99. The summed E-state index contributed by atoms with van der Waals surface area (Å²) in [7, 11) is -1.50. The van der Waals surface area contributed by atoms with Crippen molar-refractivity contribution in [3.8, 4) is 0 Å². The Morgan fingerprint density at radius 2 is 2.24 bits per heavy atom. The normalized spacial score (nSPS) is 23.5. The molecule has 1 amide bonds. The zero-order chi connectivity index (χ0) is 13.1. The molecule has 1 saturated heterocycles. The van der Waals surface area contributed by atoms with Gasteiger partial charge < -0.3 is 10.2 Å². The van der Waals surface area contributed by atoms with E-state index in [2.05, 4.69) is 5.32 Å². The highest BCUT2D eigenvalue weighted by atomic mass is 32.2. The van der Waals surface area contributed by atoms with E-state index in [0.717, 1.165) is 5.75 Å². The minimum atomic E-state index is -3.20. The summed E-state index contributed by atoms with van der Waals surface area (Å²) in [6, 6.07) is -0.340. The minimum Gasteiger partial charge on any atom is -0.323 e. The fraction of sp³-hybridized carbons (Fsp3) is 0.900. The van der Waals surface area contributed by atoms with Gasteiger partial charge in [0, 0.05) is 23.8 Å². The van der Waals surface area contributed by atoms with Gasteiger partial charge >= 0.3 is 0 Å². The topological polar surface area (TPSA) is 66.5 Å². The van der Waals surface area contributed by atoms with Crippen LogP contribution in [0.25, 0.3) is 0 Å². The van der Waals surface area contributed by atoms with Crippen LogP contribution in [0.1, 0.15) is 13.8 Å². The maximum atomic E-state index is 12.1. The number of nitrogens with one attached hydrogen (secondary N) is 1. The molecule has 0 spiro atoms. The van der Waals surface area contributed by atoms with Gasteiger partial charge in [-0.05, 0) is 14.0 Å². The molecule has 1 aliphatic heterocycles. The first-order chi connectivity index (χ1) is 7.94. The van der Waals surface area contributed by atoms with Crippen molar-refractivity contribution in [3.05, 3.63) is 0 Å². The van der Waals surface area contributed by atoms with Crippen LogP contribution in [0.2, 0.25) is 0 Å². The Hall–Kier alpha value is -0.270. The molecular formula is C10H20N2O3S2. The Balaban J connectivity index is 2.91. The molecule has 7 heteroatoms. The quantitative estimate of drug-likeness (QED) is 0.781. The number of nitrogens with zero attached hydrogens (tertiary/aromatic N) is 1. The van der Waals surface area contributed by atoms with Crippen molar-refractivity contribution >= 4 is 27.5 Å². The van der Waals surface area contributed by atoms with Crippen LogP contribution in [-0.2, 0) is 14.6 Å². The lowest BCUT2D eigenvalue weighted by atomic mass is 10.3. The number of likely N-dealkylation sites (N-methyl/N-ethyl adjacent to an activating group) is 1. The van der Waals surface area contributed by atoms with E-state index in [1.165, 1.54) is 4.90 Å². The summed E-state index contributed by atoms with van der Waals surface area (Å²) in [5.74, 6) is 1.24. The molecule has 1 aliphatic rings. The molecule has 5 nitrogen and oxygen atoms in total. The van der Waals surface area contributed by atoms with Crippen LogP contribution in [0.15, 0.2) is 0 Å². The van der Waals surface area contributed by atoms with E-state index in [0.29, 0.717) is 12.3 Å². The molecule has 100 valence electrons. The molecule has 1 rings (SSSR count). The number of amides is 1. The van der Waals surface area contributed by atoms with Crippen molar-refractivity contribution in [3.63, 3.8) is 0 Å². The molecule has 0 radical (unpaired) electrons. The van der Waals surface area contributed by atoms with Crippen LogP contribution < -0.4 is 5.32 Å². The van der Waals surface area contributed by atoms with E-state index in [4.69, 9.17) is 0 Å². The van der Waals surface area contributed by atoms with Crippen molar-refractivity contribution in [2.75, 3.05) is 30.9 Å². The third kappa shape index (κ3) is 3.35. The van der Waals surface area contributed by atoms with E-state index >= 15 is 0 Å². The fourth-order valence-electron chi connectivity index (χ4n) is 1.70. The number of hydrogen-bond acceptors (Lipinski definition) is 5. The molecule has 0 aliphatic carbocycles. The van der Waals surface area contributed by atoms with Gasteiger partial charge in [0.25, 0.3) is 0 Å². The van der Waals surface area contributed by atoms with Gasteiger partial charge in [-0.3, -0.25) is 4.79 Å². The van der Waals surface area contributed by atoms with E-state index in [1.807, 2.05) is 0 Å². The lowest BCUT2D eigenvalue weighted by Crippen LogP contribution is -2.55. The van der Waals surface area contributed by atoms with Crippen LogP contribution in [-0.4, -0.2) is 61.5 Å². The van der Waals surface area contributed by atoms with Gasteiger partial charge in [0.1, 0.15) is 5.37 Å². The minimum absolute atomic E-state index is 0.0793. The Morgan fingerprint density at radius 3 is 2.76 bits per heavy atom. The fourth-order valence-corrected chi connectivity index (χ4v) is 4.67. The van der Waals surface area contributed by atoms with E-state index in [1.54, 1.807) is 32.7 Å². The Kier molecular flexibility index (Phi) is 5.27. The zero-order valence-corrected chi connectivity index (χ0v) is 12.1. The molecule has 1 heterocycles. The highest BCUT2D eigenvalue weighted by molar-refractivity contribution is 8.01. The molecule has 1 fully saturated rings.